The SMILES string of the molecule is COc1ccnc(C(=O)C[C@@H](C)C(=O)O[C@@H](C)[C@@H](OCC(C)C)c2ccccc2)c1OC(C)=O. The van der Waals surface area contributed by atoms with Crippen molar-refractivity contribution in [1.29, 1.82) is 0 Å². The number of nitrogens with zero attached hydrogens (tertiary/aromatic N) is 1. The van der Waals surface area contributed by atoms with Crippen LogP contribution in [0.15, 0.2) is 42.6 Å². The normalized spacial score (nSPS) is 13.6. The lowest BCUT2D eigenvalue weighted by molar-refractivity contribution is -0.161. The molecule has 0 radical (unpaired) electrons. The van der Waals surface area contributed by atoms with Crippen LogP contribution in [0.3, 0.4) is 0 Å². The predicted octanol–water partition coefficient (Wildman–Crippen LogP) is 4.57. The van der Waals surface area contributed by atoms with Crippen LogP contribution in [0, 0.1) is 11.8 Å². The van der Waals surface area contributed by atoms with Crippen LogP contribution in [0.4, 0.5) is 0 Å². The predicted molar refractivity (Wildman–Crippen MR) is 126 cm³/mol. The van der Waals surface area contributed by atoms with Gasteiger partial charge in [0.2, 0.25) is 5.75 Å². The third-order valence-electron chi connectivity index (χ3n) is 4.96. The number of esters is 2. The maximum Gasteiger partial charge on any atom is 0.309 e. The van der Waals surface area contributed by atoms with Crippen LogP contribution in [0.25, 0.3) is 0 Å². The molecular weight excluding hydrogens is 438 g/mol. The fourth-order valence-electron chi connectivity index (χ4n) is 3.29. The zero-order chi connectivity index (χ0) is 25.3. The van der Waals surface area contributed by atoms with E-state index in [1.54, 1.807) is 13.8 Å². The van der Waals surface area contributed by atoms with Crippen molar-refractivity contribution < 1.29 is 33.3 Å². The summed E-state index contributed by atoms with van der Waals surface area (Å²) in [5, 5.41) is 0. The summed E-state index contributed by atoms with van der Waals surface area (Å²) in [5.41, 5.74) is 0.823. The molecule has 1 heterocycles. The Hall–Kier alpha value is -3.26. The Morgan fingerprint density at radius 1 is 1.00 bits per heavy atom. The van der Waals surface area contributed by atoms with Crippen LogP contribution in [0.2, 0.25) is 0 Å². The molecule has 0 spiro atoms. The summed E-state index contributed by atoms with van der Waals surface area (Å²) in [6, 6.07) is 11.0. The van der Waals surface area contributed by atoms with Gasteiger partial charge in [-0.3, -0.25) is 14.4 Å². The number of aromatic nitrogens is 1. The molecule has 8 heteroatoms. The van der Waals surface area contributed by atoms with E-state index in [9.17, 15) is 14.4 Å². The number of ether oxygens (including phenoxy) is 4. The monoisotopic (exact) mass is 471 g/mol. The van der Waals surface area contributed by atoms with Crippen LogP contribution in [-0.4, -0.2) is 42.5 Å². The molecule has 0 saturated heterocycles. The summed E-state index contributed by atoms with van der Waals surface area (Å²) in [6.07, 6.45) is 0.188. The van der Waals surface area contributed by atoms with E-state index in [2.05, 4.69) is 4.98 Å². The van der Waals surface area contributed by atoms with E-state index in [-0.39, 0.29) is 23.6 Å². The second-order valence-electron chi connectivity index (χ2n) is 8.51. The number of carbonyl (C=O) groups is 3. The van der Waals surface area contributed by atoms with Crippen molar-refractivity contribution in [2.45, 2.75) is 53.2 Å². The maximum atomic E-state index is 12.9. The highest BCUT2D eigenvalue weighted by Gasteiger charge is 2.29. The highest BCUT2D eigenvalue weighted by molar-refractivity contribution is 5.99. The first-order valence-corrected chi connectivity index (χ1v) is 11.3. The molecule has 1 aromatic carbocycles. The number of hydrogen-bond acceptors (Lipinski definition) is 8. The lowest BCUT2D eigenvalue weighted by Crippen LogP contribution is -2.29. The number of pyridine rings is 1. The Labute approximate surface area is 200 Å². The van der Waals surface area contributed by atoms with Gasteiger partial charge in [-0.25, -0.2) is 4.98 Å². The Morgan fingerprint density at radius 3 is 2.26 bits per heavy atom. The summed E-state index contributed by atoms with van der Waals surface area (Å²) < 4.78 is 22.1. The van der Waals surface area contributed by atoms with Crippen LogP contribution in [0.1, 0.15) is 63.2 Å². The van der Waals surface area contributed by atoms with Gasteiger partial charge in [-0.2, -0.15) is 0 Å². The molecule has 0 aliphatic heterocycles. The number of benzene rings is 1. The van der Waals surface area contributed by atoms with E-state index in [0.29, 0.717) is 12.5 Å². The van der Waals surface area contributed by atoms with Crippen LogP contribution >= 0.6 is 0 Å². The molecule has 2 rings (SSSR count). The van der Waals surface area contributed by atoms with E-state index in [4.69, 9.17) is 18.9 Å². The first-order valence-electron chi connectivity index (χ1n) is 11.3. The molecule has 0 N–H and O–H groups in total. The van der Waals surface area contributed by atoms with E-state index >= 15 is 0 Å². The minimum absolute atomic E-state index is 0.0670. The Kier molecular flexibility index (Phi) is 10.2. The standard InChI is InChI=1S/C26H33NO7/c1-16(2)15-32-24(20-10-8-7-9-11-20)18(4)33-26(30)17(3)14-21(29)23-25(34-19(5)28)22(31-6)12-13-27-23/h7-13,16-18,24H,14-15H2,1-6H3/t17-,18+,24-/m1/s1. The van der Waals surface area contributed by atoms with Crippen molar-refractivity contribution in [2.75, 3.05) is 13.7 Å². The molecule has 3 atom stereocenters. The quantitative estimate of drug-likeness (QED) is 0.328. The van der Waals surface area contributed by atoms with Crippen molar-refractivity contribution in [3.05, 3.63) is 53.9 Å². The third-order valence-corrected chi connectivity index (χ3v) is 4.96. The summed E-state index contributed by atoms with van der Waals surface area (Å²) in [4.78, 5) is 41.3. The molecular formula is C26H33NO7. The first kappa shape index (κ1) is 27.0. The molecule has 0 unspecified atom stereocenters. The molecule has 0 amide bonds. The molecule has 0 aliphatic rings. The number of hydrogen-bond donors (Lipinski definition) is 0. The summed E-state index contributed by atoms with van der Waals surface area (Å²) in [7, 11) is 1.39. The van der Waals surface area contributed by atoms with Gasteiger partial charge in [0.05, 0.1) is 13.0 Å². The zero-order valence-corrected chi connectivity index (χ0v) is 20.6. The minimum atomic E-state index is -0.755. The van der Waals surface area contributed by atoms with Crippen LogP contribution < -0.4 is 9.47 Å². The van der Waals surface area contributed by atoms with E-state index in [1.807, 2.05) is 44.2 Å². The van der Waals surface area contributed by atoms with Crippen LogP contribution in [-0.2, 0) is 19.1 Å². The molecule has 1 aromatic heterocycles. The molecule has 0 aliphatic carbocycles. The fraction of sp³-hybridized carbons (Fsp3) is 0.462. The van der Waals surface area contributed by atoms with Crippen molar-refractivity contribution in [3.63, 3.8) is 0 Å². The van der Waals surface area contributed by atoms with Gasteiger partial charge in [-0.1, -0.05) is 51.1 Å². The molecule has 0 saturated carbocycles. The van der Waals surface area contributed by atoms with Crippen molar-refractivity contribution in [3.8, 4) is 11.5 Å². The minimum Gasteiger partial charge on any atom is -0.493 e. The van der Waals surface area contributed by atoms with Crippen molar-refractivity contribution in [2.24, 2.45) is 11.8 Å². The molecule has 8 nitrogen and oxygen atoms in total. The Balaban J connectivity index is 2.11. The van der Waals surface area contributed by atoms with E-state index in [1.165, 1.54) is 26.3 Å². The molecule has 184 valence electrons. The maximum absolute atomic E-state index is 12.9. The van der Waals surface area contributed by atoms with Crippen LogP contribution in [0.5, 0.6) is 11.5 Å². The first-order chi connectivity index (χ1) is 16.1. The topological polar surface area (TPSA) is 101 Å². The van der Waals surface area contributed by atoms with E-state index < -0.39 is 35.8 Å². The molecule has 34 heavy (non-hydrogen) atoms. The van der Waals surface area contributed by atoms with Gasteiger partial charge in [0, 0.05) is 32.2 Å². The van der Waals surface area contributed by atoms with Crippen molar-refractivity contribution >= 4 is 17.7 Å². The smallest absolute Gasteiger partial charge is 0.309 e. The number of methoxy groups -OCH3 is 1. The molecule has 0 bridgehead atoms. The summed E-state index contributed by atoms with van der Waals surface area (Å²) >= 11 is 0. The highest BCUT2D eigenvalue weighted by atomic mass is 16.6. The lowest BCUT2D eigenvalue weighted by atomic mass is 10.0. The summed E-state index contributed by atoms with van der Waals surface area (Å²) in [5.74, 6) is -1.93. The molecule has 2 aromatic rings. The Bertz CT molecular complexity index is 974. The van der Waals surface area contributed by atoms with Gasteiger partial charge in [-0.05, 0) is 18.4 Å². The number of Topliss-reactive ketones (excluding diaryl/α,β-unsaturated/α-hetero) is 1. The van der Waals surface area contributed by atoms with Gasteiger partial charge in [0.1, 0.15) is 12.2 Å². The van der Waals surface area contributed by atoms with Gasteiger partial charge in [-0.15, -0.1) is 0 Å². The van der Waals surface area contributed by atoms with Crippen molar-refractivity contribution in [1.82, 2.24) is 4.98 Å². The average molecular weight is 472 g/mol. The van der Waals surface area contributed by atoms with Gasteiger partial charge in [0.25, 0.3) is 0 Å². The number of ketones is 1. The summed E-state index contributed by atoms with van der Waals surface area (Å²) in [6.45, 7) is 9.19. The second kappa shape index (κ2) is 12.8. The van der Waals surface area contributed by atoms with Gasteiger partial charge < -0.3 is 18.9 Å². The number of carbonyl (C=O) groups excluding carboxylic acids is 3. The fourth-order valence-corrected chi connectivity index (χ4v) is 3.29. The average Bonchev–Trinajstić information content (AvgIpc) is 2.79. The molecule has 0 fully saturated rings. The number of rotatable bonds is 12. The Morgan fingerprint density at radius 2 is 1.68 bits per heavy atom. The lowest BCUT2D eigenvalue weighted by Gasteiger charge is -2.26. The van der Waals surface area contributed by atoms with Gasteiger partial charge in [0.15, 0.2) is 17.2 Å². The largest absolute Gasteiger partial charge is 0.493 e. The third kappa shape index (κ3) is 7.66. The second-order valence-corrected chi connectivity index (χ2v) is 8.51. The van der Waals surface area contributed by atoms with Gasteiger partial charge >= 0.3 is 11.9 Å². The highest BCUT2D eigenvalue weighted by Crippen LogP contribution is 2.31. The van der Waals surface area contributed by atoms with E-state index in [0.717, 1.165) is 5.56 Å². The zero-order valence-electron chi connectivity index (χ0n) is 20.6.